The fraction of sp³-hybridized carbons (Fsp3) is 0.0833. The van der Waals surface area contributed by atoms with Crippen molar-refractivity contribution in [2.24, 2.45) is 0 Å². The first-order valence-electron chi connectivity index (χ1n) is 4.14. The maximum Gasteiger partial charge on any atom is 0.113 e. The molecular weight excluding hydrogens is 158 g/mol. The highest BCUT2D eigenvalue weighted by molar-refractivity contribution is 5.82. The van der Waals surface area contributed by atoms with Crippen LogP contribution in [0.2, 0.25) is 0 Å². The van der Waals surface area contributed by atoms with Crippen LogP contribution in [0.3, 0.4) is 0 Å². The van der Waals surface area contributed by atoms with E-state index in [-0.39, 0.29) is 0 Å². The molecule has 0 N–H and O–H groups in total. The summed E-state index contributed by atoms with van der Waals surface area (Å²) in [6, 6.07) is 9.94. The van der Waals surface area contributed by atoms with Gasteiger partial charge in [0.15, 0.2) is 0 Å². The van der Waals surface area contributed by atoms with Gasteiger partial charge in [-0.2, -0.15) is 0 Å². The normalized spacial score (nSPS) is 9.85. The van der Waals surface area contributed by atoms with Gasteiger partial charge < -0.3 is 0 Å². The largest absolute Gasteiger partial charge is 0.239 e. The predicted molar refractivity (Wildman–Crippen MR) is 54.4 cm³/mol. The molecule has 1 aromatic heterocycles. The standard InChI is InChI=1S/C12H9N/c1-3-10-8-9(2)11-6-4-5-7-12(11)13-10/h1,4-8H,2H3. The van der Waals surface area contributed by atoms with Crippen LogP contribution >= 0.6 is 0 Å². The molecule has 2 rings (SSSR count). The smallest absolute Gasteiger partial charge is 0.113 e. The Labute approximate surface area is 77.4 Å². The van der Waals surface area contributed by atoms with Crippen LogP contribution in [0.5, 0.6) is 0 Å². The second-order valence-corrected chi connectivity index (χ2v) is 2.99. The van der Waals surface area contributed by atoms with E-state index in [1.165, 1.54) is 10.9 Å². The molecule has 0 fully saturated rings. The summed E-state index contributed by atoms with van der Waals surface area (Å²) in [5.74, 6) is 2.55. The molecule has 62 valence electrons. The SMILES string of the molecule is C#Cc1cc(C)c2ccccc2n1. The molecule has 0 bridgehead atoms. The lowest BCUT2D eigenvalue weighted by Crippen LogP contribution is -1.87. The number of hydrogen-bond donors (Lipinski definition) is 0. The Balaban J connectivity index is 2.86. The van der Waals surface area contributed by atoms with Crippen LogP contribution in [0, 0.1) is 19.3 Å². The Morgan fingerprint density at radius 1 is 1.31 bits per heavy atom. The number of rotatable bonds is 0. The minimum Gasteiger partial charge on any atom is -0.239 e. The van der Waals surface area contributed by atoms with Gasteiger partial charge in [0.2, 0.25) is 0 Å². The van der Waals surface area contributed by atoms with Crippen LogP contribution in [-0.4, -0.2) is 4.98 Å². The molecule has 0 radical (unpaired) electrons. The van der Waals surface area contributed by atoms with Crippen molar-refractivity contribution in [3.05, 3.63) is 41.6 Å². The van der Waals surface area contributed by atoms with Crippen molar-refractivity contribution in [2.45, 2.75) is 6.92 Å². The van der Waals surface area contributed by atoms with Gasteiger partial charge in [0.25, 0.3) is 0 Å². The highest BCUT2D eigenvalue weighted by Gasteiger charge is 1.98. The Morgan fingerprint density at radius 2 is 2.08 bits per heavy atom. The van der Waals surface area contributed by atoms with E-state index in [0.717, 1.165) is 5.52 Å². The molecule has 1 heterocycles. The van der Waals surface area contributed by atoms with E-state index in [2.05, 4.69) is 17.0 Å². The van der Waals surface area contributed by atoms with Crippen LogP contribution in [-0.2, 0) is 0 Å². The zero-order valence-corrected chi connectivity index (χ0v) is 7.41. The molecule has 0 saturated carbocycles. The molecule has 0 saturated heterocycles. The molecule has 1 nitrogen and oxygen atoms in total. The van der Waals surface area contributed by atoms with E-state index in [9.17, 15) is 0 Å². The van der Waals surface area contributed by atoms with E-state index >= 15 is 0 Å². The molecule has 0 aliphatic rings. The maximum absolute atomic E-state index is 5.30. The average Bonchev–Trinajstić information content (AvgIpc) is 2.18. The van der Waals surface area contributed by atoms with E-state index in [1.54, 1.807) is 0 Å². The van der Waals surface area contributed by atoms with Crippen LogP contribution in [0.15, 0.2) is 30.3 Å². The van der Waals surface area contributed by atoms with Crippen molar-refractivity contribution >= 4 is 10.9 Å². The summed E-state index contributed by atoms with van der Waals surface area (Å²) in [4.78, 5) is 4.32. The first kappa shape index (κ1) is 7.82. The van der Waals surface area contributed by atoms with E-state index < -0.39 is 0 Å². The Kier molecular flexibility index (Phi) is 1.75. The molecule has 1 heteroatoms. The summed E-state index contributed by atoms with van der Waals surface area (Å²) in [6.45, 7) is 2.05. The Bertz CT molecular complexity index is 492. The fourth-order valence-corrected chi connectivity index (χ4v) is 1.42. The highest BCUT2D eigenvalue weighted by atomic mass is 14.7. The third-order valence-electron chi connectivity index (χ3n) is 2.07. The van der Waals surface area contributed by atoms with Gasteiger partial charge in [0, 0.05) is 5.39 Å². The van der Waals surface area contributed by atoms with Crippen LogP contribution < -0.4 is 0 Å². The van der Waals surface area contributed by atoms with Crippen molar-refractivity contribution in [1.29, 1.82) is 0 Å². The zero-order valence-electron chi connectivity index (χ0n) is 7.41. The quantitative estimate of drug-likeness (QED) is 0.549. The first-order valence-corrected chi connectivity index (χ1v) is 4.14. The van der Waals surface area contributed by atoms with Crippen molar-refractivity contribution in [1.82, 2.24) is 4.98 Å². The second-order valence-electron chi connectivity index (χ2n) is 2.99. The van der Waals surface area contributed by atoms with Crippen molar-refractivity contribution in [2.75, 3.05) is 0 Å². The van der Waals surface area contributed by atoms with Gasteiger partial charge >= 0.3 is 0 Å². The van der Waals surface area contributed by atoms with Crippen LogP contribution in [0.4, 0.5) is 0 Å². The second kappa shape index (κ2) is 2.91. The number of terminal acetylenes is 1. The highest BCUT2D eigenvalue weighted by Crippen LogP contribution is 2.16. The number of aromatic nitrogens is 1. The molecular formula is C12H9N. The van der Waals surface area contributed by atoms with E-state index in [0.29, 0.717) is 5.69 Å². The number of hydrogen-bond acceptors (Lipinski definition) is 1. The van der Waals surface area contributed by atoms with E-state index in [4.69, 9.17) is 6.42 Å². The lowest BCUT2D eigenvalue weighted by molar-refractivity contribution is 1.33. The summed E-state index contributed by atoms with van der Waals surface area (Å²) in [7, 11) is 0. The lowest BCUT2D eigenvalue weighted by Gasteiger charge is -2.01. The molecule has 0 unspecified atom stereocenters. The molecule has 0 spiro atoms. The summed E-state index contributed by atoms with van der Waals surface area (Å²) in [5.41, 5.74) is 2.85. The van der Waals surface area contributed by atoms with Crippen molar-refractivity contribution in [3.63, 3.8) is 0 Å². The number of benzene rings is 1. The number of nitrogens with zero attached hydrogens (tertiary/aromatic N) is 1. The molecule has 13 heavy (non-hydrogen) atoms. The van der Waals surface area contributed by atoms with Crippen molar-refractivity contribution < 1.29 is 0 Å². The fourth-order valence-electron chi connectivity index (χ4n) is 1.42. The minimum atomic E-state index is 0.705. The Morgan fingerprint density at radius 3 is 2.85 bits per heavy atom. The first-order chi connectivity index (χ1) is 6.31. The number of para-hydroxylation sites is 1. The third kappa shape index (κ3) is 1.27. The third-order valence-corrected chi connectivity index (χ3v) is 2.07. The van der Waals surface area contributed by atoms with Gasteiger partial charge in [-0.05, 0) is 24.6 Å². The van der Waals surface area contributed by atoms with Crippen LogP contribution in [0.25, 0.3) is 10.9 Å². The molecule has 0 aliphatic carbocycles. The molecule has 1 aromatic carbocycles. The maximum atomic E-state index is 5.30. The summed E-state index contributed by atoms with van der Waals surface area (Å²) >= 11 is 0. The summed E-state index contributed by atoms with van der Waals surface area (Å²) in [5, 5.41) is 1.17. The van der Waals surface area contributed by atoms with Gasteiger partial charge in [0.1, 0.15) is 5.69 Å². The Hall–Kier alpha value is -1.81. The number of pyridine rings is 1. The summed E-state index contributed by atoms with van der Waals surface area (Å²) < 4.78 is 0. The van der Waals surface area contributed by atoms with Gasteiger partial charge in [-0.3, -0.25) is 0 Å². The lowest BCUT2D eigenvalue weighted by atomic mass is 10.1. The number of aryl methyl sites for hydroxylation is 1. The zero-order chi connectivity index (χ0) is 9.26. The molecule has 2 aromatic rings. The van der Waals surface area contributed by atoms with Gasteiger partial charge in [-0.25, -0.2) is 4.98 Å². The average molecular weight is 167 g/mol. The predicted octanol–water partition coefficient (Wildman–Crippen LogP) is 2.52. The topological polar surface area (TPSA) is 12.9 Å². The molecule has 0 aliphatic heterocycles. The summed E-state index contributed by atoms with van der Waals surface area (Å²) in [6.07, 6.45) is 5.30. The molecule has 0 amide bonds. The molecule has 0 atom stereocenters. The number of fused-ring (bicyclic) bond motifs is 1. The van der Waals surface area contributed by atoms with Gasteiger partial charge in [-0.1, -0.05) is 24.1 Å². The van der Waals surface area contributed by atoms with Gasteiger partial charge in [0.05, 0.1) is 5.52 Å². The van der Waals surface area contributed by atoms with Gasteiger partial charge in [-0.15, -0.1) is 6.42 Å². The van der Waals surface area contributed by atoms with Crippen LogP contribution in [0.1, 0.15) is 11.3 Å². The monoisotopic (exact) mass is 167 g/mol. The van der Waals surface area contributed by atoms with Crippen molar-refractivity contribution in [3.8, 4) is 12.3 Å². The van der Waals surface area contributed by atoms with E-state index in [1.807, 2.05) is 31.2 Å². The minimum absolute atomic E-state index is 0.705.